The highest BCUT2D eigenvalue weighted by atomic mass is 32.2. The molecule has 3 fully saturated rings. The van der Waals surface area contributed by atoms with Crippen molar-refractivity contribution >= 4 is 45.8 Å². The van der Waals surface area contributed by atoms with Gasteiger partial charge in [0.25, 0.3) is 15.9 Å². The van der Waals surface area contributed by atoms with Crippen LogP contribution >= 0.6 is 0 Å². The minimum Gasteiger partial charge on any atom is -0.446 e. The first kappa shape index (κ1) is 37.5. The van der Waals surface area contributed by atoms with Crippen molar-refractivity contribution in [2.75, 3.05) is 13.1 Å². The van der Waals surface area contributed by atoms with Crippen LogP contribution in [0.5, 0.6) is 0 Å². The lowest BCUT2D eigenvalue weighted by Crippen LogP contribution is -2.59. The zero-order chi connectivity index (χ0) is 38.1. The third kappa shape index (κ3) is 8.21. The van der Waals surface area contributed by atoms with Gasteiger partial charge in [-0.1, -0.05) is 30.9 Å². The van der Waals surface area contributed by atoms with Crippen LogP contribution in [0.3, 0.4) is 0 Å². The lowest BCUT2D eigenvalue weighted by molar-refractivity contribution is -0.141. The monoisotopic (exact) mass is 756 g/mol. The van der Waals surface area contributed by atoms with E-state index in [1.165, 1.54) is 29.2 Å². The Labute approximate surface area is 305 Å². The summed E-state index contributed by atoms with van der Waals surface area (Å²) in [6, 6.07) is 1.65. The fraction of sp³-hybridized carbons (Fsp3) is 0.486. The van der Waals surface area contributed by atoms with Crippen LogP contribution in [0.4, 0.5) is 14.0 Å². The van der Waals surface area contributed by atoms with Crippen LogP contribution in [-0.2, 0) is 51.8 Å². The van der Waals surface area contributed by atoms with Gasteiger partial charge < -0.3 is 30.3 Å². The predicted molar refractivity (Wildman–Crippen MR) is 184 cm³/mol. The van der Waals surface area contributed by atoms with E-state index in [4.69, 9.17) is 9.47 Å². The van der Waals surface area contributed by atoms with Gasteiger partial charge >= 0.3 is 12.2 Å². The Morgan fingerprint density at radius 2 is 1.79 bits per heavy atom. The third-order valence-electron chi connectivity index (χ3n) is 10.1. The molecule has 0 bridgehead atoms. The molecule has 5 atom stereocenters. The van der Waals surface area contributed by atoms with Gasteiger partial charge in [-0.25, -0.2) is 27.1 Å². The Morgan fingerprint density at radius 3 is 2.43 bits per heavy atom. The molecule has 4 N–H and O–H groups in total. The molecule has 0 spiro atoms. The molecule has 284 valence electrons. The number of allylic oxidation sites excluding steroid dienone is 2. The molecular formula is C35H41FN6O10S. The number of alkyl carbamates (subject to hydrolysis) is 1. The minimum atomic E-state index is -4.11. The molecule has 0 aromatic heterocycles. The number of hydrogen-bond donors (Lipinski definition) is 4. The maximum Gasteiger partial charge on any atom is 0.410 e. The number of nitrogens with zero attached hydrogens (tertiary/aromatic N) is 2. The summed E-state index contributed by atoms with van der Waals surface area (Å²) in [7, 11) is -4.11. The smallest absolute Gasteiger partial charge is 0.410 e. The summed E-state index contributed by atoms with van der Waals surface area (Å²) in [5, 5.41) is 7.56. The molecule has 6 amide bonds. The molecule has 16 nitrogen and oxygen atoms in total. The standard InChI is InChI=1S/C35H41FN6O10S/c1-3-21-15-35(21,32(46)40-53(49,50)24-12-13-24)39-30(44)28-14-23(52-34(48)41-17-20-8-7-11-26(36)25(20)19-41)18-42(28)31(45)27(16-37-29(43)4-2)38-33(47)51-22-9-5-6-10-22/h3-4,7-8,11-12,21-23,27-28H,1-2,5-6,9-10,13-19H2,(H,37,43)(H,38,47)(H,39,44)(H,40,46)/t21-,23-,27+,28?,35-/m1/s1. The second kappa shape index (κ2) is 15.0. The summed E-state index contributed by atoms with van der Waals surface area (Å²) < 4.78 is 52.7. The quantitative estimate of drug-likeness (QED) is 0.168. The molecule has 18 heteroatoms. The average Bonchev–Trinajstić information content (AvgIpc) is 3.92. The van der Waals surface area contributed by atoms with Gasteiger partial charge in [0.1, 0.15) is 35.6 Å². The van der Waals surface area contributed by atoms with E-state index in [0.29, 0.717) is 24.0 Å². The van der Waals surface area contributed by atoms with Crippen molar-refractivity contribution in [3.05, 3.63) is 71.4 Å². The Balaban J connectivity index is 1.22. The van der Waals surface area contributed by atoms with Crippen LogP contribution in [0.25, 0.3) is 0 Å². The summed E-state index contributed by atoms with van der Waals surface area (Å²) >= 11 is 0. The van der Waals surface area contributed by atoms with Crippen molar-refractivity contribution < 1.29 is 51.0 Å². The van der Waals surface area contributed by atoms with Crippen LogP contribution < -0.4 is 20.7 Å². The normalized spacial score (nSPS) is 24.9. The second-order valence-electron chi connectivity index (χ2n) is 13.8. The first-order valence-electron chi connectivity index (χ1n) is 17.3. The lowest BCUT2D eigenvalue weighted by Gasteiger charge is -2.30. The fourth-order valence-electron chi connectivity index (χ4n) is 6.99. The Kier molecular flexibility index (Phi) is 10.6. The molecule has 53 heavy (non-hydrogen) atoms. The highest BCUT2D eigenvalue weighted by Gasteiger charge is 2.61. The van der Waals surface area contributed by atoms with Crippen LogP contribution in [0, 0.1) is 11.7 Å². The predicted octanol–water partition coefficient (Wildman–Crippen LogP) is 1.38. The van der Waals surface area contributed by atoms with Gasteiger partial charge in [0.2, 0.25) is 17.7 Å². The van der Waals surface area contributed by atoms with Gasteiger partial charge in [-0.15, -0.1) is 6.58 Å². The van der Waals surface area contributed by atoms with Crippen molar-refractivity contribution in [1.82, 2.24) is 30.5 Å². The van der Waals surface area contributed by atoms with Crippen LogP contribution in [0.15, 0.2) is 54.5 Å². The highest BCUT2D eigenvalue weighted by molar-refractivity contribution is 7.94. The third-order valence-corrected chi connectivity index (χ3v) is 11.6. The summed E-state index contributed by atoms with van der Waals surface area (Å²) in [5.41, 5.74) is -0.751. The molecule has 3 aliphatic carbocycles. The van der Waals surface area contributed by atoms with E-state index in [1.807, 2.05) is 4.72 Å². The van der Waals surface area contributed by atoms with Crippen molar-refractivity contribution in [1.29, 1.82) is 0 Å². The largest absolute Gasteiger partial charge is 0.446 e. The van der Waals surface area contributed by atoms with E-state index in [2.05, 4.69) is 29.1 Å². The number of likely N-dealkylation sites (tertiary alicyclic amines) is 1. The van der Waals surface area contributed by atoms with E-state index in [1.54, 1.807) is 6.07 Å². The first-order chi connectivity index (χ1) is 25.2. The van der Waals surface area contributed by atoms with Gasteiger partial charge in [0.15, 0.2) is 0 Å². The Bertz CT molecular complexity index is 1880. The molecule has 6 rings (SSSR count). The van der Waals surface area contributed by atoms with Gasteiger partial charge in [-0.2, -0.15) is 0 Å². The molecule has 2 saturated carbocycles. The lowest BCUT2D eigenvalue weighted by atomic mass is 10.1. The number of fused-ring (bicyclic) bond motifs is 1. The number of halogens is 1. The van der Waals surface area contributed by atoms with E-state index in [0.717, 1.165) is 23.8 Å². The number of benzene rings is 1. The van der Waals surface area contributed by atoms with E-state index in [9.17, 15) is 41.6 Å². The molecule has 2 aliphatic heterocycles. The zero-order valence-corrected chi connectivity index (χ0v) is 29.6. The number of hydrogen-bond acceptors (Lipinski definition) is 10. The second-order valence-corrected chi connectivity index (χ2v) is 15.5. The van der Waals surface area contributed by atoms with Crippen molar-refractivity contribution in [2.45, 2.75) is 87.9 Å². The minimum absolute atomic E-state index is 0.0264. The number of nitrogens with one attached hydrogen (secondary N) is 4. The molecule has 1 aromatic rings. The molecule has 1 saturated heterocycles. The summed E-state index contributed by atoms with van der Waals surface area (Å²) in [4.78, 5) is 82.4. The number of carbonyl (C=O) groups is 6. The van der Waals surface area contributed by atoms with E-state index >= 15 is 0 Å². The van der Waals surface area contributed by atoms with Crippen LogP contribution in [-0.4, -0.2) is 97.0 Å². The Morgan fingerprint density at radius 1 is 1.06 bits per heavy atom. The molecule has 1 unspecified atom stereocenters. The molecule has 2 heterocycles. The van der Waals surface area contributed by atoms with Crippen molar-refractivity contribution in [2.24, 2.45) is 5.92 Å². The zero-order valence-electron chi connectivity index (χ0n) is 28.8. The average molecular weight is 757 g/mol. The van der Waals surface area contributed by atoms with E-state index < -0.39 is 87.8 Å². The number of rotatable bonds is 13. The maximum absolute atomic E-state index is 14.4. The molecule has 0 radical (unpaired) electrons. The van der Waals surface area contributed by atoms with Crippen LogP contribution in [0.2, 0.25) is 0 Å². The van der Waals surface area contributed by atoms with Crippen molar-refractivity contribution in [3.63, 3.8) is 0 Å². The molecule has 5 aliphatic rings. The fourth-order valence-corrected chi connectivity index (χ4v) is 8.07. The van der Waals surface area contributed by atoms with E-state index in [-0.39, 0.29) is 49.9 Å². The SMILES string of the molecule is C=CC(=O)NC[C@H](NC(=O)OC1CCCC1)C(=O)N1C[C@H](OC(=O)N2Cc3cccc(F)c3C2)CC1C(=O)N[C@]1(C(=O)NS(=O)(=O)C2=CC2)C[C@H]1C=C. The van der Waals surface area contributed by atoms with Gasteiger partial charge in [-0.3, -0.25) is 24.1 Å². The summed E-state index contributed by atoms with van der Waals surface area (Å²) in [6.07, 6.45) is 3.63. The molecular weight excluding hydrogens is 715 g/mol. The van der Waals surface area contributed by atoms with Crippen molar-refractivity contribution in [3.8, 4) is 0 Å². The number of amides is 6. The van der Waals surface area contributed by atoms with Gasteiger partial charge in [0, 0.05) is 37.4 Å². The molecule has 1 aromatic carbocycles. The summed E-state index contributed by atoms with van der Waals surface area (Å²) in [5.74, 6) is -4.45. The number of ether oxygens (including phenoxy) is 2. The van der Waals surface area contributed by atoms with Gasteiger partial charge in [-0.05, 0) is 49.8 Å². The van der Waals surface area contributed by atoms with Crippen LogP contribution in [0.1, 0.15) is 56.1 Å². The first-order valence-corrected chi connectivity index (χ1v) is 18.8. The van der Waals surface area contributed by atoms with Gasteiger partial charge in [0.05, 0.1) is 18.0 Å². The highest BCUT2D eigenvalue weighted by Crippen LogP contribution is 2.45. The summed E-state index contributed by atoms with van der Waals surface area (Å²) in [6.45, 7) is 6.34. The number of carbonyl (C=O) groups excluding carboxylic acids is 6. The maximum atomic E-state index is 14.4. The Hall–Kier alpha value is -5.26. The number of sulfonamides is 1. The topological polar surface area (TPSA) is 210 Å².